The molecule has 21 heavy (non-hydrogen) atoms. The lowest BCUT2D eigenvalue weighted by Gasteiger charge is -2.50. The number of rotatable bonds is 1. The lowest BCUT2D eigenvalue weighted by atomic mass is 9.76. The van der Waals surface area contributed by atoms with Crippen molar-refractivity contribution < 1.29 is 9.84 Å². The predicted octanol–water partition coefficient (Wildman–Crippen LogP) is 2.66. The second kappa shape index (κ2) is 5.08. The van der Waals surface area contributed by atoms with Crippen molar-refractivity contribution in [1.82, 2.24) is 4.90 Å². The number of aliphatic hydroxyl groups is 1. The van der Waals surface area contributed by atoms with E-state index in [1.807, 2.05) is 0 Å². The second-order valence-electron chi connectivity index (χ2n) is 7.78. The number of benzene rings is 1. The summed E-state index contributed by atoms with van der Waals surface area (Å²) < 4.78 is 5.65. The highest BCUT2D eigenvalue weighted by atomic mass is 16.5. The van der Waals surface area contributed by atoms with Gasteiger partial charge < -0.3 is 9.84 Å². The van der Waals surface area contributed by atoms with E-state index in [0.29, 0.717) is 12.1 Å². The molecule has 1 N–H and O–H groups in total. The van der Waals surface area contributed by atoms with Crippen molar-refractivity contribution in [3.05, 3.63) is 35.4 Å². The summed E-state index contributed by atoms with van der Waals surface area (Å²) in [5.74, 6) is 0. The van der Waals surface area contributed by atoms with Gasteiger partial charge in [-0.2, -0.15) is 0 Å². The molecule has 2 unspecified atom stereocenters. The Labute approximate surface area is 127 Å². The highest BCUT2D eigenvalue weighted by molar-refractivity contribution is 5.31. The van der Waals surface area contributed by atoms with Crippen LogP contribution in [0.15, 0.2) is 24.3 Å². The number of hydrogen-bond donors (Lipinski definition) is 1. The Hall–Kier alpha value is -0.900. The lowest BCUT2D eigenvalue weighted by molar-refractivity contribution is -0.137. The van der Waals surface area contributed by atoms with E-state index in [-0.39, 0.29) is 5.41 Å². The maximum Gasteiger partial charge on any atom is 0.0928 e. The molecule has 2 saturated heterocycles. The van der Waals surface area contributed by atoms with Gasteiger partial charge in [-0.05, 0) is 36.4 Å². The van der Waals surface area contributed by atoms with Gasteiger partial charge in [0.1, 0.15) is 0 Å². The van der Waals surface area contributed by atoms with Crippen LogP contribution in [0.25, 0.3) is 0 Å². The summed E-state index contributed by atoms with van der Waals surface area (Å²) in [6.07, 6.45) is 1.52. The summed E-state index contributed by atoms with van der Waals surface area (Å²) in [7, 11) is 2.15. The molecule has 2 bridgehead atoms. The smallest absolute Gasteiger partial charge is 0.0928 e. The van der Waals surface area contributed by atoms with Crippen molar-refractivity contribution in [1.29, 1.82) is 0 Å². The highest BCUT2D eigenvalue weighted by Crippen LogP contribution is 2.40. The van der Waals surface area contributed by atoms with E-state index < -0.39 is 5.60 Å². The first kappa shape index (κ1) is 15.0. The molecule has 1 aromatic carbocycles. The van der Waals surface area contributed by atoms with Crippen molar-refractivity contribution in [2.45, 2.75) is 56.7 Å². The number of nitrogens with zero attached hydrogens (tertiary/aromatic N) is 1. The summed E-state index contributed by atoms with van der Waals surface area (Å²) in [6.45, 7) is 8.11. The van der Waals surface area contributed by atoms with E-state index >= 15 is 0 Å². The molecule has 3 nitrogen and oxygen atoms in total. The zero-order chi connectivity index (χ0) is 15.3. The third kappa shape index (κ3) is 2.75. The van der Waals surface area contributed by atoms with Gasteiger partial charge in [-0.15, -0.1) is 0 Å². The third-order valence-corrected chi connectivity index (χ3v) is 5.21. The van der Waals surface area contributed by atoms with E-state index in [4.69, 9.17) is 4.74 Å². The summed E-state index contributed by atoms with van der Waals surface area (Å²) in [5.41, 5.74) is 1.81. The Morgan fingerprint density at radius 2 is 1.62 bits per heavy atom. The molecule has 2 aliphatic rings. The zero-order valence-corrected chi connectivity index (χ0v) is 13.6. The summed E-state index contributed by atoms with van der Waals surface area (Å²) >= 11 is 0. The number of morpholine rings is 1. The van der Waals surface area contributed by atoms with Crippen LogP contribution in [0.1, 0.15) is 44.7 Å². The monoisotopic (exact) mass is 289 g/mol. The van der Waals surface area contributed by atoms with E-state index in [0.717, 1.165) is 31.6 Å². The van der Waals surface area contributed by atoms with Crippen LogP contribution in [0.2, 0.25) is 0 Å². The van der Waals surface area contributed by atoms with Gasteiger partial charge in [-0.3, -0.25) is 4.90 Å². The molecule has 3 rings (SSSR count). The maximum absolute atomic E-state index is 11.2. The Morgan fingerprint density at radius 3 is 2.10 bits per heavy atom. The number of likely N-dealkylation sites (N-methyl/N-ethyl adjacent to an activating group) is 1. The van der Waals surface area contributed by atoms with Gasteiger partial charge in [-0.1, -0.05) is 45.0 Å². The Bertz CT molecular complexity index is 489. The van der Waals surface area contributed by atoms with E-state index in [1.54, 1.807) is 0 Å². The van der Waals surface area contributed by atoms with Crippen molar-refractivity contribution in [3.8, 4) is 0 Å². The van der Waals surface area contributed by atoms with Gasteiger partial charge in [-0.25, -0.2) is 0 Å². The fraction of sp³-hybridized carbons (Fsp3) is 0.667. The zero-order valence-electron chi connectivity index (χ0n) is 13.6. The molecular formula is C18H27NO2. The normalized spacial score (nSPS) is 34.0. The molecule has 2 fully saturated rings. The van der Waals surface area contributed by atoms with Crippen LogP contribution in [0, 0.1) is 0 Å². The van der Waals surface area contributed by atoms with Crippen molar-refractivity contribution >= 4 is 0 Å². The molecule has 0 radical (unpaired) electrons. The molecule has 0 saturated carbocycles. The summed E-state index contributed by atoms with van der Waals surface area (Å²) in [6, 6.07) is 9.20. The van der Waals surface area contributed by atoms with E-state index in [9.17, 15) is 5.11 Å². The Kier molecular flexibility index (Phi) is 3.63. The topological polar surface area (TPSA) is 32.7 Å². The van der Waals surface area contributed by atoms with Gasteiger partial charge in [0.15, 0.2) is 0 Å². The molecule has 0 aromatic heterocycles. The number of ether oxygens (including phenoxy) is 1. The van der Waals surface area contributed by atoms with Crippen LogP contribution in [0.3, 0.4) is 0 Å². The Balaban J connectivity index is 1.86. The third-order valence-electron chi connectivity index (χ3n) is 5.21. The van der Waals surface area contributed by atoms with E-state index in [2.05, 4.69) is 57.0 Å². The average molecular weight is 289 g/mol. The molecule has 3 heteroatoms. The van der Waals surface area contributed by atoms with Crippen LogP contribution in [-0.4, -0.2) is 42.4 Å². The second-order valence-corrected chi connectivity index (χ2v) is 7.78. The first-order valence-corrected chi connectivity index (χ1v) is 7.93. The average Bonchev–Trinajstić information content (AvgIpc) is 2.40. The molecule has 0 aliphatic carbocycles. The minimum Gasteiger partial charge on any atom is -0.385 e. The van der Waals surface area contributed by atoms with Crippen molar-refractivity contribution in [2.75, 3.05) is 20.3 Å². The fourth-order valence-corrected chi connectivity index (χ4v) is 3.66. The standard InChI is InChI=1S/C18H27NO2/c1-17(2,3)13-5-7-14(8-6-13)18(20)9-15-11-21-12-16(10-18)19(15)4/h5-8,15-16,20H,9-12H2,1-4H3. The maximum atomic E-state index is 11.2. The van der Waals surface area contributed by atoms with Gasteiger partial charge in [0.25, 0.3) is 0 Å². The molecule has 2 atom stereocenters. The molecule has 116 valence electrons. The molecule has 1 aromatic rings. The molecule has 0 amide bonds. The van der Waals surface area contributed by atoms with Crippen molar-refractivity contribution in [2.24, 2.45) is 0 Å². The summed E-state index contributed by atoms with van der Waals surface area (Å²) in [4.78, 5) is 2.38. The first-order valence-electron chi connectivity index (χ1n) is 7.93. The Morgan fingerprint density at radius 1 is 1.10 bits per heavy atom. The van der Waals surface area contributed by atoms with Crippen LogP contribution in [0.4, 0.5) is 0 Å². The number of fused-ring (bicyclic) bond motifs is 2. The summed E-state index contributed by atoms with van der Waals surface area (Å²) in [5, 5.41) is 11.2. The van der Waals surface area contributed by atoms with E-state index in [1.165, 1.54) is 5.56 Å². The van der Waals surface area contributed by atoms with Crippen LogP contribution in [0.5, 0.6) is 0 Å². The van der Waals surface area contributed by atoms with Crippen LogP contribution in [-0.2, 0) is 15.8 Å². The lowest BCUT2D eigenvalue weighted by Crippen LogP contribution is -2.59. The number of hydrogen-bond acceptors (Lipinski definition) is 3. The van der Waals surface area contributed by atoms with Crippen molar-refractivity contribution in [3.63, 3.8) is 0 Å². The largest absolute Gasteiger partial charge is 0.385 e. The minimum atomic E-state index is -0.706. The SMILES string of the molecule is CN1C2COCC1CC(O)(c1ccc(C(C)(C)C)cc1)C2. The highest BCUT2D eigenvalue weighted by Gasteiger charge is 2.45. The van der Waals surface area contributed by atoms with Gasteiger partial charge in [0.2, 0.25) is 0 Å². The first-order chi connectivity index (χ1) is 9.79. The molecular weight excluding hydrogens is 262 g/mol. The minimum absolute atomic E-state index is 0.151. The van der Waals surface area contributed by atoms with Gasteiger partial charge >= 0.3 is 0 Å². The van der Waals surface area contributed by atoms with Gasteiger partial charge in [0.05, 0.1) is 18.8 Å². The number of piperidine rings is 1. The van der Waals surface area contributed by atoms with Crippen LogP contribution >= 0.6 is 0 Å². The predicted molar refractivity (Wildman–Crippen MR) is 84.4 cm³/mol. The van der Waals surface area contributed by atoms with Gasteiger partial charge in [0, 0.05) is 12.1 Å². The quantitative estimate of drug-likeness (QED) is 0.863. The fourth-order valence-electron chi connectivity index (χ4n) is 3.66. The molecule has 0 spiro atoms. The van der Waals surface area contributed by atoms with Crippen LogP contribution < -0.4 is 0 Å². The molecule has 2 heterocycles. The molecule has 2 aliphatic heterocycles.